The molecule has 0 saturated carbocycles. The van der Waals surface area contributed by atoms with Crippen LogP contribution in [-0.2, 0) is 16.1 Å². The minimum Gasteiger partial charge on any atom is -0.493 e. The Kier molecular flexibility index (Phi) is 8.00. The monoisotopic (exact) mass is 446 g/mol. The molecule has 1 N–H and O–H groups in total. The van der Waals surface area contributed by atoms with Gasteiger partial charge in [0.05, 0.1) is 31.5 Å². The van der Waals surface area contributed by atoms with Crippen molar-refractivity contribution in [3.63, 3.8) is 0 Å². The van der Waals surface area contributed by atoms with Crippen LogP contribution in [0.15, 0.2) is 41.0 Å². The van der Waals surface area contributed by atoms with Crippen molar-refractivity contribution in [2.75, 3.05) is 26.8 Å². The van der Waals surface area contributed by atoms with Gasteiger partial charge in [-0.15, -0.1) is 0 Å². The van der Waals surface area contributed by atoms with Crippen LogP contribution in [0.3, 0.4) is 0 Å². The van der Waals surface area contributed by atoms with E-state index in [1.54, 1.807) is 42.5 Å². The van der Waals surface area contributed by atoms with Crippen LogP contribution in [0, 0.1) is 5.92 Å². The van der Waals surface area contributed by atoms with Crippen LogP contribution in [0.4, 0.5) is 0 Å². The summed E-state index contributed by atoms with van der Waals surface area (Å²) in [5.41, 5.74) is 0.742. The first-order chi connectivity index (χ1) is 15.0. The number of hydrogen-bond acceptors (Lipinski definition) is 5. The van der Waals surface area contributed by atoms with Crippen molar-refractivity contribution in [2.45, 2.75) is 26.3 Å². The molecule has 0 atom stereocenters. The van der Waals surface area contributed by atoms with E-state index >= 15 is 0 Å². The maximum atomic E-state index is 12.6. The summed E-state index contributed by atoms with van der Waals surface area (Å²) in [6, 6.07) is 7.11. The van der Waals surface area contributed by atoms with Crippen molar-refractivity contribution < 1.29 is 23.5 Å². The Bertz CT molecular complexity index is 918. The molecule has 7 nitrogen and oxygen atoms in total. The number of hydrogen-bond donors (Lipinski definition) is 1. The van der Waals surface area contributed by atoms with Gasteiger partial charge in [0.25, 0.3) is 0 Å². The molecule has 2 heterocycles. The van der Waals surface area contributed by atoms with Crippen molar-refractivity contribution in [3.05, 3.63) is 53.0 Å². The van der Waals surface area contributed by atoms with E-state index in [4.69, 9.17) is 25.5 Å². The number of benzene rings is 1. The molecule has 166 valence electrons. The number of rotatable bonds is 8. The third-order valence-corrected chi connectivity index (χ3v) is 5.43. The molecule has 1 aliphatic heterocycles. The number of carbonyl (C=O) groups excluding carboxylic acids is 2. The van der Waals surface area contributed by atoms with E-state index < -0.39 is 0 Å². The van der Waals surface area contributed by atoms with E-state index in [0.717, 1.165) is 11.3 Å². The zero-order chi connectivity index (χ0) is 22.2. The van der Waals surface area contributed by atoms with Gasteiger partial charge in [0, 0.05) is 25.1 Å². The summed E-state index contributed by atoms with van der Waals surface area (Å²) in [5, 5.41) is 3.32. The van der Waals surface area contributed by atoms with Gasteiger partial charge in [-0.25, -0.2) is 0 Å². The molecule has 0 spiro atoms. The summed E-state index contributed by atoms with van der Waals surface area (Å²) in [5.74, 6) is 1.52. The number of piperidine rings is 1. The molecule has 1 aliphatic rings. The average molecular weight is 447 g/mol. The predicted octanol–water partition coefficient (Wildman–Crippen LogP) is 3.91. The molecule has 31 heavy (non-hydrogen) atoms. The lowest BCUT2D eigenvalue weighted by molar-refractivity contribution is -0.132. The predicted molar refractivity (Wildman–Crippen MR) is 118 cm³/mol. The summed E-state index contributed by atoms with van der Waals surface area (Å²) >= 11 is 6.28. The highest BCUT2D eigenvalue weighted by Gasteiger charge is 2.26. The molecule has 3 rings (SSSR count). The smallest absolute Gasteiger partial charge is 0.246 e. The quantitative estimate of drug-likeness (QED) is 0.622. The Labute approximate surface area is 186 Å². The zero-order valence-electron chi connectivity index (χ0n) is 17.7. The SMILES string of the molecule is CCOc1c(Cl)cc(/C=C/C(=O)N2CCC(C(=O)NCc3ccco3)CC2)cc1OC. The number of furan rings is 1. The highest BCUT2D eigenvalue weighted by Crippen LogP contribution is 2.36. The fraction of sp³-hybridized carbons (Fsp3) is 0.391. The summed E-state index contributed by atoms with van der Waals surface area (Å²) in [7, 11) is 1.54. The number of nitrogens with zero attached hydrogens (tertiary/aromatic N) is 1. The lowest BCUT2D eigenvalue weighted by Gasteiger charge is -2.30. The maximum Gasteiger partial charge on any atom is 0.246 e. The van der Waals surface area contributed by atoms with Gasteiger partial charge >= 0.3 is 0 Å². The maximum absolute atomic E-state index is 12.6. The molecule has 1 aromatic heterocycles. The molecule has 1 saturated heterocycles. The molecule has 1 fully saturated rings. The van der Waals surface area contributed by atoms with Gasteiger partial charge < -0.3 is 24.1 Å². The lowest BCUT2D eigenvalue weighted by Crippen LogP contribution is -2.42. The van der Waals surface area contributed by atoms with Crippen LogP contribution >= 0.6 is 11.6 Å². The van der Waals surface area contributed by atoms with Crippen molar-refractivity contribution in [2.24, 2.45) is 5.92 Å². The Morgan fingerprint density at radius 1 is 1.32 bits per heavy atom. The summed E-state index contributed by atoms with van der Waals surface area (Å²) in [4.78, 5) is 26.7. The second-order valence-electron chi connectivity index (χ2n) is 7.20. The van der Waals surface area contributed by atoms with Crippen LogP contribution < -0.4 is 14.8 Å². The van der Waals surface area contributed by atoms with E-state index in [0.29, 0.717) is 55.6 Å². The Balaban J connectivity index is 1.52. The Morgan fingerprint density at radius 2 is 2.10 bits per heavy atom. The van der Waals surface area contributed by atoms with E-state index in [2.05, 4.69) is 5.32 Å². The summed E-state index contributed by atoms with van der Waals surface area (Å²) < 4.78 is 16.1. The second-order valence-corrected chi connectivity index (χ2v) is 7.60. The van der Waals surface area contributed by atoms with E-state index in [9.17, 15) is 9.59 Å². The fourth-order valence-electron chi connectivity index (χ4n) is 3.49. The van der Waals surface area contributed by atoms with E-state index in [-0.39, 0.29) is 17.7 Å². The largest absolute Gasteiger partial charge is 0.493 e. The fourth-order valence-corrected chi connectivity index (χ4v) is 3.76. The summed E-state index contributed by atoms with van der Waals surface area (Å²) in [6.45, 7) is 3.79. The van der Waals surface area contributed by atoms with Crippen LogP contribution in [0.2, 0.25) is 5.02 Å². The van der Waals surface area contributed by atoms with Crippen molar-refractivity contribution in [1.29, 1.82) is 0 Å². The highest BCUT2D eigenvalue weighted by molar-refractivity contribution is 6.32. The summed E-state index contributed by atoms with van der Waals surface area (Å²) in [6.07, 6.45) is 6.06. The number of methoxy groups -OCH3 is 1. The van der Waals surface area contributed by atoms with Crippen molar-refractivity contribution in [1.82, 2.24) is 10.2 Å². The van der Waals surface area contributed by atoms with Crippen LogP contribution in [0.5, 0.6) is 11.5 Å². The van der Waals surface area contributed by atoms with Gasteiger partial charge in [0.1, 0.15) is 5.76 Å². The molecule has 0 unspecified atom stereocenters. The molecule has 2 amide bonds. The third kappa shape index (κ3) is 6.04. The van der Waals surface area contributed by atoms with Gasteiger partial charge in [-0.2, -0.15) is 0 Å². The topological polar surface area (TPSA) is 81.0 Å². The molecular formula is C23H27ClN2O5. The number of amides is 2. The third-order valence-electron chi connectivity index (χ3n) is 5.15. The standard InChI is InChI=1S/C23H27ClN2O5/c1-3-30-22-19(24)13-16(14-20(22)29-2)6-7-21(27)26-10-8-17(9-11-26)23(28)25-15-18-5-4-12-31-18/h4-7,12-14,17H,3,8-11,15H2,1-2H3,(H,25,28)/b7-6+. The molecule has 8 heteroatoms. The number of carbonyl (C=O) groups is 2. The lowest BCUT2D eigenvalue weighted by atomic mass is 9.96. The minimum atomic E-state index is -0.0998. The van der Waals surface area contributed by atoms with Crippen molar-refractivity contribution >= 4 is 29.5 Å². The Morgan fingerprint density at radius 3 is 2.74 bits per heavy atom. The first-order valence-corrected chi connectivity index (χ1v) is 10.7. The minimum absolute atomic E-state index is 0.00448. The molecule has 0 aliphatic carbocycles. The van der Waals surface area contributed by atoms with Gasteiger partial charge in [-0.05, 0) is 55.7 Å². The molecule has 1 aromatic carbocycles. The van der Waals surface area contributed by atoms with Crippen LogP contribution in [0.25, 0.3) is 6.08 Å². The second kappa shape index (κ2) is 10.9. The van der Waals surface area contributed by atoms with Gasteiger partial charge in [0.15, 0.2) is 11.5 Å². The van der Waals surface area contributed by atoms with Crippen LogP contribution in [-0.4, -0.2) is 43.5 Å². The van der Waals surface area contributed by atoms with E-state index in [1.165, 1.54) is 6.08 Å². The highest BCUT2D eigenvalue weighted by atomic mass is 35.5. The number of likely N-dealkylation sites (tertiary alicyclic amines) is 1. The molecule has 2 aromatic rings. The average Bonchev–Trinajstić information content (AvgIpc) is 3.31. The normalized spacial score (nSPS) is 14.6. The molecule has 0 radical (unpaired) electrons. The van der Waals surface area contributed by atoms with E-state index in [1.807, 2.05) is 13.0 Å². The van der Waals surface area contributed by atoms with Gasteiger partial charge in [0.2, 0.25) is 11.8 Å². The number of ether oxygens (including phenoxy) is 2. The number of halogens is 1. The van der Waals surface area contributed by atoms with Gasteiger partial charge in [-0.1, -0.05) is 11.6 Å². The first kappa shape index (κ1) is 22.7. The Hall–Kier alpha value is -2.93. The molecular weight excluding hydrogens is 420 g/mol. The zero-order valence-corrected chi connectivity index (χ0v) is 18.5. The number of nitrogens with one attached hydrogen (secondary N) is 1. The van der Waals surface area contributed by atoms with Crippen LogP contribution in [0.1, 0.15) is 31.1 Å². The van der Waals surface area contributed by atoms with Crippen molar-refractivity contribution in [3.8, 4) is 11.5 Å². The first-order valence-electron chi connectivity index (χ1n) is 10.3. The molecule has 0 bridgehead atoms. The van der Waals surface area contributed by atoms with Gasteiger partial charge in [-0.3, -0.25) is 9.59 Å².